The second-order valence-electron chi connectivity index (χ2n) is 7.92. The summed E-state index contributed by atoms with van der Waals surface area (Å²) in [5.41, 5.74) is 5.30. The molecule has 2 aromatic rings. The Kier molecular flexibility index (Phi) is 4.42. The van der Waals surface area contributed by atoms with Gasteiger partial charge in [0.2, 0.25) is 5.91 Å². The molecule has 3 aliphatic heterocycles. The lowest BCUT2D eigenvalue weighted by Crippen LogP contribution is -2.48. The number of carbonyl (C=O) groups is 2. The summed E-state index contributed by atoms with van der Waals surface area (Å²) in [6.07, 6.45) is 2.13. The van der Waals surface area contributed by atoms with E-state index in [2.05, 4.69) is 17.0 Å². The Hall–Kier alpha value is -3.02. The number of anilines is 2. The van der Waals surface area contributed by atoms with Crippen LogP contribution in [0.15, 0.2) is 36.4 Å². The molecule has 0 aromatic heterocycles. The maximum absolute atomic E-state index is 13.2. The van der Waals surface area contributed by atoms with Gasteiger partial charge in [-0.15, -0.1) is 0 Å². The molecule has 3 heterocycles. The number of rotatable bonds is 3. The van der Waals surface area contributed by atoms with Crippen LogP contribution in [0.4, 0.5) is 11.4 Å². The number of nitrogens with zero attached hydrogens (tertiary/aromatic N) is 3. The molecule has 1 saturated heterocycles. The second kappa shape index (κ2) is 7.10. The van der Waals surface area contributed by atoms with E-state index >= 15 is 0 Å². The molecule has 150 valence electrons. The van der Waals surface area contributed by atoms with Gasteiger partial charge in [-0.3, -0.25) is 9.59 Å². The topological polar surface area (TPSA) is 53.1 Å². The third-order valence-electron chi connectivity index (χ3n) is 6.30. The van der Waals surface area contributed by atoms with Gasteiger partial charge >= 0.3 is 0 Å². The average Bonchev–Trinajstić information content (AvgIpc) is 3.21. The minimum atomic E-state index is 0.105. The third kappa shape index (κ3) is 3.12. The van der Waals surface area contributed by atoms with Crippen molar-refractivity contribution in [3.63, 3.8) is 0 Å². The van der Waals surface area contributed by atoms with Gasteiger partial charge in [0.15, 0.2) is 0 Å². The zero-order valence-electron chi connectivity index (χ0n) is 16.7. The van der Waals surface area contributed by atoms with Gasteiger partial charge in [0.25, 0.3) is 5.91 Å². The van der Waals surface area contributed by atoms with Gasteiger partial charge in [-0.25, -0.2) is 0 Å². The van der Waals surface area contributed by atoms with Crippen LogP contribution in [0.1, 0.15) is 27.9 Å². The van der Waals surface area contributed by atoms with Crippen molar-refractivity contribution in [3.8, 4) is 5.75 Å². The molecule has 0 bridgehead atoms. The highest BCUT2D eigenvalue weighted by molar-refractivity contribution is 6.01. The Morgan fingerprint density at radius 3 is 2.28 bits per heavy atom. The van der Waals surface area contributed by atoms with E-state index in [0.29, 0.717) is 19.5 Å². The maximum Gasteiger partial charge on any atom is 0.253 e. The first-order valence-corrected chi connectivity index (χ1v) is 10.3. The summed E-state index contributed by atoms with van der Waals surface area (Å²) in [5.74, 6) is 1.17. The Labute approximate surface area is 170 Å². The smallest absolute Gasteiger partial charge is 0.253 e. The lowest BCUT2D eigenvalue weighted by Gasteiger charge is -2.36. The molecule has 6 heteroatoms. The van der Waals surface area contributed by atoms with E-state index in [-0.39, 0.29) is 11.8 Å². The number of carbonyl (C=O) groups excluding carboxylic acids is 2. The summed E-state index contributed by atoms with van der Waals surface area (Å²) in [5, 5.41) is 0. The Balaban J connectivity index is 1.29. The van der Waals surface area contributed by atoms with Crippen LogP contribution in [-0.2, 0) is 17.6 Å². The summed E-state index contributed by atoms with van der Waals surface area (Å²) in [7, 11) is 1.67. The fraction of sp³-hybridized carbons (Fsp3) is 0.391. The number of piperazine rings is 1. The third-order valence-corrected chi connectivity index (χ3v) is 6.30. The van der Waals surface area contributed by atoms with Gasteiger partial charge in [0.05, 0.1) is 12.8 Å². The van der Waals surface area contributed by atoms with E-state index in [1.54, 1.807) is 7.11 Å². The van der Waals surface area contributed by atoms with Gasteiger partial charge in [-0.2, -0.15) is 0 Å². The van der Waals surface area contributed by atoms with Crippen LogP contribution < -0.4 is 14.5 Å². The van der Waals surface area contributed by atoms with E-state index in [9.17, 15) is 9.59 Å². The fourth-order valence-corrected chi connectivity index (χ4v) is 4.72. The Morgan fingerprint density at radius 1 is 0.897 bits per heavy atom. The number of methoxy groups -OCH3 is 1. The number of aryl methyl sites for hydroxylation is 1. The number of hydrogen-bond donors (Lipinski definition) is 0. The minimum absolute atomic E-state index is 0.105. The number of amides is 2. The first-order chi connectivity index (χ1) is 14.1. The normalized spacial score (nSPS) is 18.1. The summed E-state index contributed by atoms with van der Waals surface area (Å²) >= 11 is 0. The lowest BCUT2D eigenvalue weighted by atomic mass is 9.96. The van der Waals surface area contributed by atoms with Crippen LogP contribution >= 0.6 is 0 Å². The predicted octanol–water partition coefficient (Wildman–Crippen LogP) is 2.49. The quantitative estimate of drug-likeness (QED) is 0.807. The van der Waals surface area contributed by atoms with E-state index < -0.39 is 0 Å². The highest BCUT2D eigenvalue weighted by Crippen LogP contribution is 2.37. The molecule has 0 saturated carbocycles. The summed E-state index contributed by atoms with van der Waals surface area (Å²) < 4.78 is 5.23. The maximum atomic E-state index is 13.2. The molecule has 2 aromatic carbocycles. The van der Waals surface area contributed by atoms with Gasteiger partial charge < -0.3 is 19.4 Å². The molecule has 1 fully saturated rings. The SMILES string of the molecule is COc1ccc(N2CCN(C(=O)c3cc4c5c(c3)CCN5C(=O)CC4)CC2)cc1. The van der Waals surface area contributed by atoms with Crippen molar-refractivity contribution in [3.05, 3.63) is 53.1 Å². The first-order valence-electron chi connectivity index (χ1n) is 10.3. The predicted molar refractivity (Wildman–Crippen MR) is 112 cm³/mol. The zero-order valence-corrected chi connectivity index (χ0v) is 16.7. The van der Waals surface area contributed by atoms with Crippen molar-refractivity contribution in [2.24, 2.45) is 0 Å². The van der Waals surface area contributed by atoms with E-state index in [4.69, 9.17) is 4.74 Å². The van der Waals surface area contributed by atoms with E-state index in [1.165, 1.54) is 0 Å². The van der Waals surface area contributed by atoms with Crippen LogP contribution in [-0.4, -0.2) is 56.5 Å². The second-order valence-corrected chi connectivity index (χ2v) is 7.92. The van der Waals surface area contributed by atoms with E-state index in [1.807, 2.05) is 34.1 Å². The van der Waals surface area contributed by atoms with Crippen LogP contribution in [0, 0.1) is 0 Å². The molecule has 0 aliphatic carbocycles. The fourth-order valence-electron chi connectivity index (χ4n) is 4.72. The Bertz CT molecular complexity index is 962. The van der Waals surface area contributed by atoms with Gasteiger partial charge in [0.1, 0.15) is 5.75 Å². The molecule has 5 rings (SSSR count). The number of ether oxygens (including phenoxy) is 1. The molecule has 2 amide bonds. The van der Waals surface area contributed by atoms with Crippen molar-refractivity contribution < 1.29 is 14.3 Å². The van der Waals surface area contributed by atoms with Crippen LogP contribution in [0.25, 0.3) is 0 Å². The lowest BCUT2D eigenvalue weighted by molar-refractivity contribution is -0.118. The summed E-state index contributed by atoms with van der Waals surface area (Å²) in [6, 6.07) is 12.1. The average molecular weight is 391 g/mol. The molecule has 0 radical (unpaired) electrons. The number of hydrogen-bond acceptors (Lipinski definition) is 4. The van der Waals surface area contributed by atoms with Crippen molar-refractivity contribution in [1.29, 1.82) is 0 Å². The van der Waals surface area contributed by atoms with Crippen molar-refractivity contribution in [1.82, 2.24) is 4.90 Å². The first kappa shape index (κ1) is 18.0. The van der Waals surface area contributed by atoms with Gasteiger partial charge in [-0.1, -0.05) is 0 Å². The standard InChI is InChI=1S/C23H25N3O3/c1-29-20-5-3-19(4-6-20)24-10-12-25(13-11-24)23(28)18-14-16-2-7-21(27)26-9-8-17(15-18)22(16)26/h3-6,14-15H,2,7-13H2,1H3. The van der Waals surface area contributed by atoms with Crippen molar-refractivity contribution >= 4 is 23.2 Å². The van der Waals surface area contributed by atoms with Crippen molar-refractivity contribution in [2.45, 2.75) is 19.3 Å². The van der Waals surface area contributed by atoms with Crippen molar-refractivity contribution in [2.75, 3.05) is 49.6 Å². The molecule has 6 nitrogen and oxygen atoms in total. The van der Waals surface area contributed by atoms with Gasteiger partial charge in [-0.05, 0) is 60.4 Å². The van der Waals surface area contributed by atoms with Crippen LogP contribution in [0.3, 0.4) is 0 Å². The van der Waals surface area contributed by atoms with Gasteiger partial charge in [0, 0.05) is 50.4 Å². The monoisotopic (exact) mass is 391 g/mol. The number of benzene rings is 2. The molecule has 29 heavy (non-hydrogen) atoms. The minimum Gasteiger partial charge on any atom is -0.497 e. The Morgan fingerprint density at radius 2 is 1.59 bits per heavy atom. The molecule has 3 aliphatic rings. The highest BCUT2D eigenvalue weighted by Gasteiger charge is 2.33. The molecule has 0 spiro atoms. The molecular formula is C23H25N3O3. The molecule has 0 N–H and O–H groups in total. The highest BCUT2D eigenvalue weighted by atomic mass is 16.5. The van der Waals surface area contributed by atoms with Crippen LogP contribution in [0.2, 0.25) is 0 Å². The summed E-state index contributed by atoms with van der Waals surface area (Å²) in [6.45, 7) is 3.80. The van der Waals surface area contributed by atoms with E-state index in [0.717, 1.165) is 66.3 Å². The molecule has 0 atom stereocenters. The van der Waals surface area contributed by atoms with Crippen LogP contribution in [0.5, 0.6) is 5.75 Å². The summed E-state index contributed by atoms with van der Waals surface area (Å²) in [4.78, 5) is 31.4. The zero-order chi connectivity index (χ0) is 20.0. The largest absolute Gasteiger partial charge is 0.497 e. The molecule has 0 unspecified atom stereocenters. The molecular weight excluding hydrogens is 366 g/mol.